The van der Waals surface area contributed by atoms with Gasteiger partial charge in [-0.2, -0.15) is 0 Å². The fourth-order valence-electron chi connectivity index (χ4n) is 2.56. The number of hydrogen-bond donors (Lipinski definition) is 1. The topological polar surface area (TPSA) is 79.5 Å². The second-order valence-electron chi connectivity index (χ2n) is 6.09. The summed E-state index contributed by atoms with van der Waals surface area (Å²) in [6.45, 7) is 8.07. The number of nitrogens with two attached hydrogens (primary N) is 1. The van der Waals surface area contributed by atoms with Crippen LogP contribution in [0.3, 0.4) is 0 Å². The first kappa shape index (κ1) is 16.2. The number of nitrogens with zero attached hydrogens (tertiary/aromatic N) is 3. The Morgan fingerprint density at radius 1 is 1.29 bits per heavy atom. The summed E-state index contributed by atoms with van der Waals surface area (Å²) in [5.41, 5.74) is 5.79. The fraction of sp³-hybridized carbons (Fsp3) is 0.643. The predicted molar refractivity (Wildman–Crippen MR) is 84.3 cm³/mol. The Hall–Kier alpha value is -1.18. The van der Waals surface area contributed by atoms with Crippen LogP contribution in [0.15, 0.2) is 23.2 Å². The van der Waals surface area contributed by atoms with E-state index in [4.69, 9.17) is 5.73 Å². The molecule has 1 aromatic rings. The molecule has 0 spiro atoms. The lowest BCUT2D eigenvalue weighted by Gasteiger charge is -2.44. The molecule has 7 heteroatoms. The van der Waals surface area contributed by atoms with Gasteiger partial charge in [0.15, 0.2) is 9.84 Å². The monoisotopic (exact) mass is 312 g/mol. The van der Waals surface area contributed by atoms with Crippen molar-refractivity contribution < 1.29 is 8.42 Å². The average molecular weight is 312 g/mol. The maximum Gasteiger partial charge on any atom is 0.179 e. The van der Waals surface area contributed by atoms with Gasteiger partial charge in [0.2, 0.25) is 0 Å². The van der Waals surface area contributed by atoms with Crippen molar-refractivity contribution in [1.82, 2.24) is 9.88 Å². The second kappa shape index (κ2) is 5.90. The van der Waals surface area contributed by atoms with Crippen molar-refractivity contribution in [2.45, 2.75) is 24.3 Å². The number of aromatic nitrogens is 1. The number of pyridine rings is 1. The summed E-state index contributed by atoms with van der Waals surface area (Å²) in [5.74, 6) is 0.560. The lowest BCUT2D eigenvalue weighted by atomic mass is 10.0. The molecule has 2 N–H and O–H groups in total. The van der Waals surface area contributed by atoms with Crippen molar-refractivity contribution in [3.8, 4) is 0 Å². The Morgan fingerprint density at radius 2 is 1.90 bits per heavy atom. The second-order valence-corrected chi connectivity index (χ2v) is 8.07. The standard InChI is InChI=1S/C14H24N4O2S/c1-14(2,11-15)18-9-7-17(8-10-18)13-12(21(3,19)20)5-4-6-16-13/h4-6H,7-11,15H2,1-3H3. The Labute approximate surface area is 126 Å². The van der Waals surface area contributed by atoms with E-state index in [0.29, 0.717) is 17.3 Å². The molecule has 0 bridgehead atoms. The third kappa shape index (κ3) is 3.53. The molecule has 1 aromatic heterocycles. The molecule has 0 aromatic carbocycles. The van der Waals surface area contributed by atoms with Gasteiger partial charge in [-0.05, 0) is 26.0 Å². The molecular weight excluding hydrogens is 288 g/mol. The van der Waals surface area contributed by atoms with Gasteiger partial charge in [-0.1, -0.05) is 0 Å². The maximum absolute atomic E-state index is 11.9. The highest BCUT2D eigenvalue weighted by atomic mass is 32.2. The first-order valence-corrected chi connectivity index (χ1v) is 9.00. The van der Waals surface area contributed by atoms with Crippen molar-refractivity contribution in [3.63, 3.8) is 0 Å². The van der Waals surface area contributed by atoms with E-state index in [1.54, 1.807) is 18.3 Å². The zero-order valence-corrected chi connectivity index (χ0v) is 13.7. The molecule has 1 saturated heterocycles. The van der Waals surface area contributed by atoms with Gasteiger partial charge in [0, 0.05) is 50.7 Å². The molecule has 1 fully saturated rings. The normalized spacial score (nSPS) is 18.0. The summed E-state index contributed by atoms with van der Waals surface area (Å²) in [4.78, 5) is 8.96. The molecule has 6 nitrogen and oxygen atoms in total. The summed E-state index contributed by atoms with van der Waals surface area (Å²) >= 11 is 0. The minimum atomic E-state index is -3.27. The lowest BCUT2D eigenvalue weighted by Crippen LogP contribution is -2.57. The summed E-state index contributed by atoms with van der Waals surface area (Å²) in [5, 5.41) is 0. The quantitative estimate of drug-likeness (QED) is 0.864. The van der Waals surface area contributed by atoms with Gasteiger partial charge in [0.1, 0.15) is 10.7 Å². The Kier molecular flexibility index (Phi) is 4.55. The fourth-order valence-corrected chi connectivity index (χ4v) is 3.40. The van der Waals surface area contributed by atoms with Crippen LogP contribution in [-0.4, -0.2) is 62.8 Å². The summed E-state index contributed by atoms with van der Waals surface area (Å²) in [6.07, 6.45) is 2.86. The number of sulfone groups is 1. The van der Waals surface area contributed by atoms with E-state index in [1.165, 1.54) is 6.26 Å². The van der Waals surface area contributed by atoms with Crippen molar-refractivity contribution in [2.24, 2.45) is 5.73 Å². The first-order chi connectivity index (χ1) is 9.75. The SMILES string of the molecule is CC(C)(CN)N1CCN(c2ncccc2S(C)(=O)=O)CC1. The number of anilines is 1. The Morgan fingerprint density at radius 3 is 2.43 bits per heavy atom. The van der Waals surface area contributed by atoms with Gasteiger partial charge in [-0.3, -0.25) is 4.90 Å². The van der Waals surface area contributed by atoms with E-state index in [2.05, 4.69) is 23.7 Å². The van der Waals surface area contributed by atoms with Crippen LogP contribution in [0, 0.1) is 0 Å². The molecule has 21 heavy (non-hydrogen) atoms. The summed E-state index contributed by atoms with van der Waals surface area (Å²) < 4.78 is 23.7. The van der Waals surface area contributed by atoms with Crippen LogP contribution in [0.25, 0.3) is 0 Å². The molecule has 0 amide bonds. The van der Waals surface area contributed by atoms with Crippen molar-refractivity contribution >= 4 is 15.7 Å². The largest absolute Gasteiger partial charge is 0.353 e. The van der Waals surface area contributed by atoms with Crippen LogP contribution in [0.1, 0.15) is 13.8 Å². The highest BCUT2D eigenvalue weighted by Crippen LogP contribution is 2.25. The lowest BCUT2D eigenvalue weighted by molar-refractivity contribution is 0.118. The molecule has 2 rings (SSSR count). The van der Waals surface area contributed by atoms with Crippen LogP contribution in [0.4, 0.5) is 5.82 Å². The van der Waals surface area contributed by atoms with E-state index >= 15 is 0 Å². The molecule has 0 atom stereocenters. The third-order valence-electron chi connectivity index (χ3n) is 4.09. The van der Waals surface area contributed by atoms with Gasteiger partial charge in [-0.25, -0.2) is 13.4 Å². The molecule has 2 heterocycles. The van der Waals surface area contributed by atoms with Crippen molar-refractivity contribution in [1.29, 1.82) is 0 Å². The smallest absolute Gasteiger partial charge is 0.179 e. The first-order valence-electron chi connectivity index (χ1n) is 7.11. The van der Waals surface area contributed by atoms with Gasteiger partial charge in [-0.15, -0.1) is 0 Å². The molecule has 1 aliphatic rings. The van der Waals surface area contributed by atoms with Gasteiger partial charge in [0.25, 0.3) is 0 Å². The summed E-state index contributed by atoms with van der Waals surface area (Å²) in [7, 11) is -3.27. The van der Waals surface area contributed by atoms with E-state index < -0.39 is 9.84 Å². The Bertz CT molecular complexity index is 593. The molecule has 0 aliphatic carbocycles. The van der Waals surface area contributed by atoms with Crippen LogP contribution in [0.2, 0.25) is 0 Å². The molecule has 0 saturated carbocycles. The molecule has 0 unspecified atom stereocenters. The minimum absolute atomic E-state index is 0.0319. The molecule has 0 radical (unpaired) electrons. The maximum atomic E-state index is 11.9. The van der Waals surface area contributed by atoms with Crippen LogP contribution in [-0.2, 0) is 9.84 Å². The highest BCUT2D eigenvalue weighted by Gasteiger charge is 2.30. The molecule has 1 aliphatic heterocycles. The predicted octanol–water partition coefficient (Wildman–Crippen LogP) is 0.344. The zero-order valence-electron chi connectivity index (χ0n) is 12.9. The van der Waals surface area contributed by atoms with Crippen LogP contribution in [0.5, 0.6) is 0 Å². The summed E-state index contributed by atoms with van der Waals surface area (Å²) in [6, 6.07) is 3.28. The number of piperazine rings is 1. The number of hydrogen-bond acceptors (Lipinski definition) is 6. The van der Waals surface area contributed by atoms with Crippen molar-refractivity contribution in [2.75, 3.05) is 43.9 Å². The minimum Gasteiger partial charge on any atom is -0.353 e. The van der Waals surface area contributed by atoms with Crippen molar-refractivity contribution in [3.05, 3.63) is 18.3 Å². The third-order valence-corrected chi connectivity index (χ3v) is 5.20. The average Bonchev–Trinajstić information content (AvgIpc) is 2.46. The van der Waals surface area contributed by atoms with E-state index in [0.717, 1.165) is 26.2 Å². The van der Waals surface area contributed by atoms with E-state index in [9.17, 15) is 8.42 Å². The molecule has 118 valence electrons. The number of rotatable bonds is 4. The van der Waals surface area contributed by atoms with Crippen LogP contribution < -0.4 is 10.6 Å². The Balaban J connectivity index is 2.17. The van der Waals surface area contributed by atoms with Gasteiger partial charge < -0.3 is 10.6 Å². The van der Waals surface area contributed by atoms with Gasteiger partial charge >= 0.3 is 0 Å². The molecular formula is C14H24N4O2S. The van der Waals surface area contributed by atoms with E-state index in [1.807, 2.05) is 4.90 Å². The van der Waals surface area contributed by atoms with Gasteiger partial charge in [0.05, 0.1) is 0 Å². The highest BCUT2D eigenvalue weighted by molar-refractivity contribution is 7.90. The van der Waals surface area contributed by atoms with Crippen LogP contribution >= 0.6 is 0 Å². The zero-order chi connectivity index (χ0) is 15.7. The van der Waals surface area contributed by atoms with E-state index in [-0.39, 0.29) is 5.54 Å².